The summed E-state index contributed by atoms with van der Waals surface area (Å²) in [5, 5.41) is 0. The highest BCUT2D eigenvalue weighted by molar-refractivity contribution is 5.75. The minimum Gasteiger partial charge on any atom is -0.469 e. The lowest BCUT2D eigenvalue weighted by Crippen LogP contribution is -2.51. The Morgan fingerprint density at radius 2 is 1.86 bits per heavy atom. The largest absolute Gasteiger partial charge is 0.469 e. The van der Waals surface area contributed by atoms with Gasteiger partial charge < -0.3 is 19.1 Å². The minimum absolute atomic E-state index is 0.0489. The van der Waals surface area contributed by atoms with Gasteiger partial charge in [-0.3, -0.25) is 4.79 Å². The van der Waals surface area contributed by atoms with Crippen LogP contribution in [0.1, 0.15) is 27.2 Å². The molecule has 0 aromatic rings. The van der Waals surface area contributed by atoms with Crippen LogP contribution in [0.5, 0.6) is 0 Å². The normalized spacial score (nSPS) is 23.1. The highest BCUT2D eigenvalue weighted by Crippen LogP contribution is 2.23. The summed E-state index contributed by atoms with van der Waals surface area (Å²) in [6.45, 7) is 2.13. The van der Waals surface area contributed by atoms with E-state index in [-0.39, 0.29) is 19.5 Å². The van der Waals surface area contributed by atoms with Crippen LogP contribution in [0.15, 0.2) is 0 Å². The molecule has 1 heterocycles. The number of halogens is 2. The van der Waals surface area contributed by atoms with Crippen LogP contribution in [0.2, 0.25) is 0 Å². The van der Waals surface area contributed by atoms with E-state index in [9.17, 15) is 18.4 Å². The summed E-state index contributed by atoms with van der Waals surface area (Å²) >= 11 is 0. The number of methoxy groups -OCH3 is 1. The van der Waals surface area contributed by atoms with Gasteiger partial charge in [0.25, 0.3) is 0 Å². The molecule has 0 radical (unpaired) electrons. The lowest BCUT2D eigenvalue weighted by molar-refractivity contribution is -0.183. The summed E-state index contributed by atoms with van der Waals surface area (Å²) in [5.41, 5.74) is -0.714. The SMILES string of the molecule is COC(=O)C1CC(OC(F)F)CN(C(=O)OC(C)(C)C)C1. The van der Waals surface area contributed by atoms with Crippen LogP contribution in [0.4, 0.5) is 13.6 Å². The Bertz CT molecular complexity index is 383. The lowest BCUT2D eigenvalue weighted by atomic mass is 9.96. The first-order chi connectivity index (χ1) is 9.62. The van der Waals surface area contributed by atoms with Crippen molar-refractivity contribution in [2.24, 2.45) is 5.92 Å². The van der Waals surface area contributed by atoms with Gasteiger partial charge in [-0.25, -0.2) is 4.79 Å². The fourth-order valence-electron chi connectivity index (χ4n) is 2.11. The molecule has 6 nitrogen and oxygen atoms in total. The molecule has 0 aliphatic carbocycles. The average molecular weight is 309 g/mol. The topological polar surface area (TPSA) is 65.1 Å². The monoisotopic (exact) mass is 309 g/mol. The summed E-state index contributed by atoms with van der Waals surface area (Å²) in [6.07, 6.45) is -1.52. The minimum atomic E-state index is -2.97. The van der Waals surface area contributed by atoms with E-state index in [4.69, 9.17) is 4.74 Å². The van der Waals surface area contributed by atoms with Gasteiger partial charge in [0.15, 0.2) is 0 Å². The molecule has 1 saturated heterocycles. The number of piperidine rings is 1. The number of hydrogen-bond acceptors (Lipinski definition) is 5. The number of carbonyl (C=O) groups is 2. The quantitative estimate of drug-likeness (QED) is 0.746. The third kappa shape index (κ3) is 5.82. The zero-order valence-electron chi connectivity index (χ0n) is 12.6. The Balaban J connectivity index is 2.77. The van der Waals surface area contributed by atoms with Crippen molar-refractivity contribution in [1.29, 1.82) is 0 Å². The molecule has 0 spiro atoms. The maximum atomic E-state index is 12.4. The molecule has 0 bridgehead atoms. The molecule has 1 aliphatic rings. The third-order valence-corrected chi connectivity index (χ3v) is 2.89. The Morgan fingerprint density at radius 3 is 2.33 bits per heavy atom. The van der Waals surface area contributed by atoms with Crippen LogP contribution < -0.4 is 0 Å². The first kappa shape index (κ1) is 17.6. The summed E-state index contributed by atoms with van der Waals surface area (Å²) < 4.78 is 38.9. The van der Waals surface area contributed by atoms with E-state index in [2.05, 4.69) is 9.47 Å². The van der Waals surface area contributed by atoms with Crippen molar-refractivity contribution in [2.75, 3.05) is 20.2 Å². The van der Waals surface area contributed by atoms with Gasteiger partial charge in [-0.15, -0.1) is 0 Å². The zero-order valence-corrected chi connectivity index (χ0v) is 12.6. The van der Waals surface area contributed by atoms with Crippen LogP contribution >= 0.6 is 0 Å². The van der Waals surface area contributed by atoms with E-state index in [1.165, 1.54) is 12.0 Å². The Morgan fingerprint density at radius 1 is 1.24 bits per heavy atom. The number of hydrogen-bond donors (Lipinski definition) is 0. The van der Waals surface area contributed by atoms with Crippen molar-refractivity contribution >= 4 is 12.1 Å². The molecule has 8 heteroatoms. The molecule has 1 amide bonds. The Hall–Kier alpha value is -1.44. The first-order valence-electron chi connectivity index (χ1n) is 6.61. The van der Waals surface area contributed by atoms with Crippen LogP contribution in [-0.2, 0) is 19.0 Å². The average Bonchev–Trinajstić information content (AvgIpc) is 2.34. The molecule has 0 aromatic carbocycles. The summed E-state index contributed by atoms with van der Waals surface area (Å²) in [6, 6.07) is 0. The number of nitrogens with zero attached hydrogens (tertiary/aromatic N) is 1. The highest BCUT2D eigenvalue weighted by Gasteiger charge is 2.37. The number of rotatable bonds is 3. The Labute approximate surface area is 122 Å². The Kier molecular flexibility index (Phi) is 5.88. The van der Waals surface area contributed by atoms with E-state index in [0.717, 1.165) is 0 Å². The second-order valence-electron chi connectivity index (χ2n) is 5.86. The maximum absolute atomic E-state index is 12.4. The van der Waals surface area contributed by atoms with Crippen molar-refractivity contribution in [3.63, 3.8) is 0 Å². The van der Waals surface area contributed by atoms with E-state index in [0.29, 0.717) is 0 Å². The fourth-order valence-corrected chi connectivity index (χ4v) is 2.11. The zero-order chi connectivity index (χ0) is 16.2. The van der Waals surface area contributed by atoms with Crippen LogP contribution in [0.3, 0.4) is 0 Å². The van der Waals surface area contributed by atoms with Crippen LogP contribution in [0, 0.1) is 5.92 Å². The number of likely N-dealkylation sites (tertiary alicyclic amines) is 1. The smallest absolute Gasteiger partial charge is 0.410 e. The van der Waals surface area contributed by atoms with Crippen molar-refractivity contribution in [1.82, 2.24) is 4.90 Å². The third-order valence-electron chi connectivity index (χ3n) is 2.89. The summed E-state index contributed by atoms with van der Waals surface area (Å²) in [7, 11) is 1.21. The van der Waals surface area contributed by atoms with Gasteiger partial charge >= 0.3 is 18.7 Å². The fraction of sp³-hybridized carbons (Fsp3) is 0.846. The van der Waals surface area contributed by atoms with Crippen molar-refractivity contribution < 1.29 is 32.6 Å². The van der Waals surface area contributed by atoms with E-state index >= 15 is 0 Å². The number of alkyl halides is 2. The molecule has 2 atom stereocenters. The highest BCUT2D eigenvalue weighted by atomic mass is 19.3. The second kappa shape index (κ2) is 7.02. The molecule has 1 fully saturated rings. The van der Waals surface area contributed by atoms with Gasteiger partial charge in [-0.05, 0) is 27.2 Å². The lowest BCUT2D eigenvalue weighted by Gasteiger charge is -2.36. The van der Waals surface area contributed by atoms with Gasteiger partial charge in [0.2, 0.25) is 0 Å². The van der Waals surface area contributed by atoms with Crippen LogP contribution in [-0.4, -0.2) is 55.5 Å². The van der Waals surface area contributed by atoms with E-state index in [1.54, 1.807) is 20.8 Å². The molecule has 0 saturated carbocycles. The molecule has 2 unspecified atom stereocenters. The van der Waals surface area contributed by atoms with Crippen LogP contribution in [0.25, 0.3) is 0 Å². The maximum Gasteiger partial charge on any atom is 0.410 e. The number of ether oxygens (including phenoxy) is 3. The number of esters is 1. The van der Waals surface area contributed by atoms with Gasteiger partial charge in [0.05, 0.1) is 25.7 Å². The predicted octanol–water partition coefficient (Wildman–Crippen LogP) is 2.02. The molecule has 21 heavy (non-hydrogen) atoms. The molecular weight excluding hydrogens is 288 g/mol. The van der Waals surface area contributed by atoms with Gasteiger partial charge in [-0.2, -0.15) is 8.78 Å². The van der Waals surface area contributed by atoms with Gasteiger partial charge in [0.1, 0.15) is 5.60 Å². The second-order valence-corrected chi connectivity index (χ2v) is 5.86. The van der Waals surface area contributed by atoms with Gasteiger partial charge in [-0.1, -0.05) is 0 Å². The van der Waals surface area contributed by atoms with E-state index in [1.807, 2.05) is 0 Å². The summed E-state index contributed by atoms with van der Waals surface area (Å²) in [4.78, 5) is 24.8. The molecule has 122 valence electrons. The molecule has 1 rings (SSSR count). The van der Waals surface area contributed by atoms with E-state index < -0.39 is 36.3 Å². The van der Waals surface area contributed by atoms with Crippen molar-refractivity contribution in [3.05, 3.63) is 0 Å². The predicted molar refractivity (Wildman–Crippen MR) is 68.8 cm³/mol. The van der Waals surface area contributed by atoms with Crippen molar-refractivity contribution in [2.45, 2.75) is 45.5 Å². The standard InChI is InChI=1S/C13H21F2NO5/c1-13(2,3)21-12(18)16-6-8(10(17)19-4)5-9(7-16)20-11(14)15/h8-9,11H,5-7H2,1-4H3. The number of carbonyl (C=O) groups excluding carboxylic acids is 2. The van der Waals surface area contributed by atoms with Crippen molar-refractivity contribution in [3.8, 4) is 0 Å². The number of amides is 1. The summed E-state index contributed by atoms with van der Waals surface area (Å²) in [5.74, 6) is -1.27. The molecule has 0 N–H and O–H groups in total. The van der Waals surface area contributed by atoms with Gasteiger partial charge in [0, 0.05) is 6.54 Å². The molecule has 1 aliphatic heterocycles. The molecule has 0 aromatic heterocycles. The first-order valence-corrected chi connectivity index (χ1v) is 6.61. The molecular formula is C13H21F2NO5.